The van der Waals surface area contributed by atoms with Crippen molar-refractivity contribution in [3.63, 3.8) is 0 Å². The Morgan fingerprint density at radius 3 is 2.37 bits per heavy atom. The molecule has 0 radical (unpaired) electrons. The molecule has 1 aliphatic carbocycles. The van der Waals surface area contributed by atoms with Gasteiger partial charge in [-0.15, -0.1) is 0 Å². The highest BCUT2D eigenvalue weighted by Crippen LogP contribution is 2.44. The third-order valence-electron chi connectivity index (χ3n) is 6.63. The predicted molar refractivity (Wildman–Crippen MR) is 134 cm³/mol. The summed E-state index contributed by atoms with van der Waals surface area (Å²) < 4.78 is 11.2. The molecule has 0 bridgehead atoms. The van der Waals surface area contributed by atoms with Crippen LogP contribution >= 0.6 is 0 Å². The van der Waals surface area contributed by atoms with Crippen molar-refractivity contribution in [2.24, 2.45) is 0 Å². The summed E-state index contributed by atoms with van der Waals surface area (Å²) >= 11 is 0. The van der Waals surface area contributed by atoms with Gasteiger partial charge in [0.25, 0.3) is 0 Å². The van der Waals surface area contributed by atoms with E-state index in [0.29, 0.717) is 38.6 Å². The first-order valence-electron chi connectivity index (χ1n) is 12.5. The third-order valence-corrected chi connectivity index (χ3v) is 6.63. The van der Waals surface area contributed by atoms with Crippen molar-refractivity contribution >= 4 is 23.7 Å². The van der Waals surface area contributed by atoms with Gasteiger partial charge in [-0.3, -0.25) is 4.90 Å². The number of aromatic nitrogens is 1. The molecule has 0 atom stereocenters. The second-order valence-electron chi connectivity index (χ2n) is 10.5. The van der Waals surface area contributed by atoms with E-state index in [2.05, 4.69) is 11.0 Å². The number of anilines is 2. The van der Waals surface area contributed by atoms with Gasteiger partial charge < -0.3 is 19.3 Å². The van der Waals surface area contributed by atoms with Crippen molar-refractivity contribution in [3.8, 4) is 0 Å². The van der Waals surface area contributed by atoms with Gasteiger partial charge in [-0.1, -0.05) is 30.3 Å². The van der Waals surface area contributed by atoms with Gasteiger partial charge in [0.15, 0.2) is 0 Å². The van der Waals surface area contributed by atoms with Gasteiger partial charge in [0.2, 0.25) is 0 Å². The van der Waals surface area contributed by atoms with Crippen molar-refractivity contribution < 1.29 is 19.1 Å². The van der Waals surface area contributed by atoms with E-state index in [-0.39, 0.29) is 18.8 Å². The van der Waals surface area contributed by atoms with Crippen molar-refractivity contribution in [2.45, 2.75) is 58.2 Å². The molecule has 1 saturated carbocycles. The molecule has 8 nitrogen and oxygen atoms in total. The van der Waals surface area contributed by atoms with Crippen LogP contribution in [0.3, 0.4) is 0 Å². The van der Waals surface area contributed by atoms with Crippen LogP contribution in [0.2, 0.25) is 0 Å². The highest BCUT2D eigenvalue weighted by molar-refractivity contribution is 5.91. The fourth-order valence-electron chi connectivity index (χ4n) is 4.66. The Morgan fingerprint density at radius 2 is 1.71 bits per heavy atom. The van der Waals surface area contributed by atoms with E-state index in [0.717, 1.165) is 47.6 Å². The molecule has 2 aliphatic heterocycles. The SMILES string of the molecule is CC(C)(C)OC(=O)N1CCc2c(N3CCN(C(=O)OCc4ccccc4)CC3)cc(C3CC3)nc21. The maximum atomic E-state index is 12.9. The van der Waals surface area contributed by atoms with Crippen LogP contribution in [0.15, 0.2) is 36.4 Å². The molecule has 8 heteroatoms. The summed E-state index contributed by atoms with van der Waals surface area (Å²) in [6.07, 6.45) is 2.41. The molecular weight excluding hydrogens is 444 g/mol. The zero-order valence-electron chi connectivity index (χ0n) is 20.8. The van der Waals surface area contributed by atoms with Crippen molar-refractivity contribution in [1.29, 1.82) is 0 Å². The highest BCUT2D eigenvalue weighted by Gasteiger charge is 2.36. The van der Waals surface area contributed by atoms with E-state index in [1.165, 1.54) is 0 Å². The number of pyridine rings is 1. The van der Waals surface area contributed by atoms with Crippen LogP contribution in [0.5, 0.6) is 0 Å². The van der Waals surface area contributed by atoms with Crippen LogP contribution in [0.1, 0.15) is 56.4 Å². The van der Waals surface area contributed by atoms with Crippen molar-refractivity contribution in [1.82, 2.24) is 9.88 Å². The smallest absolute Gasteiger partial charge is 0.416 e. The van der Waals surface area contributed by atoms with Gasteiger partial charge in [0.1, 0.15) is 18.0 Å². The Hall–Kier alpha value is -3.29. The quantitative estimate of drug-likeness (QED) is 0.633. The number of fused-ring (bicyclic) bond motifs is 1. The lowest BCUT2D eigenvalue weighted by Gasteiger charge is -2.36. The minimum absolute atomic E-state index is 0.275. The van der Waals surface area contributed by atoms with Crippen LogP contribution in [0.25, 0.3) is 0 Å². The first-order valence-corrected chi connectivity index (χ1v) is 12.5. The molecule has 0 N–H and O–H groups in total. The molecule has 2 amide bonds. The van der Waals surface area contributed by atoms with Crippen LogP contribution < -0.4 is 9.80 Å². The summed E-state index contributed by atoms with van der Waals surface area (Å²) in [7, 11) is 0. The maximum absolute atomic E-state index is 12.9. The molecular formula is C27H34N4O4. The van der Waals surface area contributed by atoms with Crippen LogP contribution in [-0.4, -0.2) is 60.4 Å². The predicted octanol–water partition coefficient (Wildman–Crippen LogP) is 4.72. The number of hydrogen-bond donors (Lipinski definition) is 0. The fourth-order valence-corrected chi connectivity index (χ4v) is 4.66. The molecule has 1 aromatic carbocycles. The van der Waals surface area contributed by atoms with E-state index in [9.17, 15) is 9.59 Å². The molecule has 1 saturated heterocycles. The second-order valence-corrected chi connectivity index (χ2v) is 10.5. The monoisotopic (exact) mass is 478 g/mol. The Bertz CT molecular complexity index is 1090. The first kappa shape index (κ1) is 23.5. The maximum Gasteiger partial charge on any atom is 0.416 e. The first-order chi connectivity index (χ1) is 16.8. The zero-order chi connectivity index (χ0) is 24.6. The Balaban J connectivity index is 1.28. The molecule has 1 aromatic heterocycles. The lowest BCUT2D eigenvalue weighted by atomic mass is 10.1. The lowest BCUT2D eigenvalue weighted by molar-refractivity contribution is 0.0582. The Kier molecular flexibility index (Phi) is 6.30. The number of rotatable bonds is 4. The molecule has 5 rings (SSSR count). The average Bonchev–Trinajstić information content (AvgIpc) is 3.60. The molecule has 0 unspecified atom stereocenters. The van der Waals surface area contributed by atoms with E-state index >= 15 is 0 Å². The zero-order valence-corrected chi connectivity index (χ0v) is 20.8. The van der Waals surface area contributed by atoms with Gasteiger partial charge in [-0.05, 0) is 51.7 Å². The van der Waals surface area contributed by atoms with Gasteiger partial charge in [0.05, 0.1) is 0 Å². The normalized spacial score (nSPS) is 17.9. The van der Waals surface area contributed by atoms with E-state index < -0.39 is 5.60 Å². The van der Waals surface area contributed by atoms with Gasteiger partial charge >= 0.3 is 12.2 Å². The summed E-state index contributed by atoms with van der Waals surface area (Å²) in [5.74, 6) is 1.21. The summed E-state index contributed by atoms with van der Waals surface area (Å²) in [5.41, 5.74) is 3.72. The Morgan fingerprint density at radius 1 is 1.00 bits per heavy atom. The number of carbonyl (C=O) groups is 2. The van der Waals surface area contributed by atoms with E-state index in [1.54, 1.807) is 9.80 Å². The van der Waals surface area contributed by atoms with Crippen LogP contribution in [0.4, 0.5) is 21.1 Å². The molecule has 2 aromatic rings. The molecule has 3 aliphatic rings. The molecule has 3 heterocycles. The number of benzene rings is 1. The van der Waals surface area contributed by atoms with E-state index in [1.807, 2.05) is 51.1 Å². The van der Waals surface area contributed by atoms with Crippen molar-refractivity contribution in [2.75, 3.05) is 42.5 Å². The minimum Gasteiger partial charge on any atom is -0.445 e. The highest BCUT2D eigenvalue weighted by atomic mass is 16.6. The average molecular weight is 479 g/mol. The largest absolute Gasteiger partial charge is 0.445 e. The number of carbonyl (C=O) groups excluding carboxylic acids is 2. The van der Waals surface area contributed by atoms with Crippen LogP contribution in [-0.2, 0) is 22.5 Å². The van der Waals surface area contributed by atoms with Crippen LogP contribution in [0, 0.1) is 0 Å². The standard InChI is InChI=1S/C27H34N4O4/c1-27(2,3)35-26(33)31-12-11-21-23(17-22(20-9-10-20)28-24(21)31)29-13-15-30(16-14-29)25(32)34-18-19-7-5-4-6-8-19/h4-8,17,20H,9-16,18H2,1-3H3. The summed E-state index contributed by atoms with van der Waals surface area (Å²) in [6.45, 7) is 9.12. The number of hydrogen-bond acceptors (Lipinski definition) is 6. The molecule has 35 heavy (non-hydrogen) atoms. The summed E-state index contributed by atoms with van der Waals surface area (Å²) in [4.78, 5) is 36.2. The molecule has 186 valence electrons. The minimum atomic E-state index is -0.553. The Labute approximate surface area is 206 Å². The number of piperazine rings is 1. The number of amides is 2. The third kappa shape index (κ3) is 5.36. The van der Waals surface area contributed by atoms with Crippen molar-refractivity contribution in [3.05, 3.63) is 53.2 Å². The van der Waals surface area contributed by atoms with Gasteiger partial charge in [0, 0.05) is 55.6 Å². The summed E-state index contributed by atoms with van der Waals surface area (Å²) in [6, 6.07) is 11.9. The number of nitrogens with zero attached hydrogens (tertiary/aromatic N) is 4. The second kappa shape index (κ2) is 9.40. The molecule has 0 spiro atoms. The lowest BCUT2D eigenvalue weighted by Crippen LogP contribution is -2.49. The summed E-state index contributed by atoms with van der Waals surface area (Å²) in [5, 5.41) is 0. The topological polar surface area (TPSA) is 75.2 Å². The molecule has 2 fully saturated rings. The van der Waals surface area contributed by atoms with E-state index in [4.69, 9.17) is 14.5 Å². The van der Waals surface area contributed by atoms with Gasteiger partial charge in [-0.2, -0.15) is 0 Å². The number of ether oxygens (including phenoxy) is 2. The van der Waals surface area contributed by atoms with Gasteiger partial charge in [-0.25, -0.2) is 14.6 Å². The fraction of sp³-hybridized carbons (Fsp3) is 0.519.